The molecule has 1 unspecified atom stereocenters. The van der Waals surface area contributed by atoms with Crippen LogP contribution in [-0.2, 0) is 0 Å². The molecule has 3 heteroatoms. The Balaban J connectivity index is 2.39. The molecular formula is C16H29N3. The Morgan fingerprint density at radius 3 is 2.58 bits per heavy atom. The molecular weight excluding hydrogens is 234 g/mol. The van der Waals surface area contributed by atoms with Crippen molar-refractivity contribution in [1.82, 2.24) is 4.90 Å². The van der Waals surface area contributed by atoms with Crippen molar-refractivity contribution in [2.45, 2.75) is 46.6 Å². The van der Waals surface area contributed by atoms with E-state index in [9.17, 15) is 0 Å². The number of nitrogen functional groups attached to an aromatic ring is 1. The molecule has 0 saturated heterocycles. The number of nitrogens with zero attached hydrogens (tertiary/aromatic N) is 1. The number of nitrogens with one attached hydrogen (secondary N) is 1. The second-order valence-corrected chi connectivity index (χ2v) is 5.23. The zero-order valence-corrected chi connectivity index (χ0v) is 12.9. The van der Waals surface area contributed by atoms with E-state index in [2.05, 4.69) is 44.0 Å². The van der Waals surface area contributed by atoms with Crippen molar-refractivity contribution >= 4 is 11.4 Å². The molecule has 0 saturated carbocycles. The van der Waals surface area contributed by atoms with Gasteiger partial charge in [0, 0.05) is 17.4 Å². The van der Waals surface area contributed by atoms with Gasteiger partial charge in [-0.3, -0.25) is 0 Å². The number of hydrogen-bond donors (Lipinski definition) is 2. The number of hydrogen-bond acceptors (Lipinski definition) is 3. The molecule has 0 spiro atoms. The first kappa shape index (κ1) is 15.8. The lowest BCUT2D eigenvalue weighted by atomic mass is 10.1. The lowest BCUT2D eigenvalue weighted by Gasteiger charge is -2.21. The summed E-state index contributed by atoms with van der Waals surface area (Å²) in [5.74, 6) is 0. The Morgan fingerprint density at radius 1 is 1.26 bits per heavy atom. The van der Waals surface area contributed by atoms with Gasteiger partial charge in [-0.1, -0.05) is 19.9 Å². The molecule has 108 valence electrons. The molecule has 0 aliphatic carbocycles. The van der Waals surface area contributed by atoms with E-state index >= 15 is 0 Å². The molecule has 1 atom stereocenters. The van der Waals surface area contributed by atoms with Crippen LogP contribution in [0.2, 0.25) is 0 Å². The van der Waals surface area contributed by atoms with E-state index in [1.165, 1.54) is 19.4 Å². The van der Waals surface area contributed by atoms with E-state index in [-0.39, 0.29) is 0 Å². The summed E-state index contributed by atoms with van der Waals surface area (Å²) in [6, 6.07) is 6.54. The predicted octanol–water partition coefficient (Wildman–Crippen LogP) is 3.50. The van der Waals surface area contributed by atoms with E-state index in [4.69, 9.17) is 5.73 Å². The van der Waals surface area contributed by atoms with Gasteiger partial charge < -0.3 is 16.0 Å². The third-order valence-electron chi connectivity index (χ3n) is 3.78. The van der Waals surface area contributed by atoms with Crippen LogP contribution in [0.5, 0.6) is 0 Å². The molecule has 0 heterocycles. The first-order chi connectivity index (χ1) is 9.08. The van der Waals surface area contributed by atoms with Gasteiger partial charge in [0.1, 0.15) is 0 Å². The van der Waals surface area contributed by atoms with Gasteiger partial charge in [-0.2, -0.15) is 0 Å². The van der Waals surface area contributed by atoms with Gasteiger partial charge in [-0.05, 0) is 64.0 Å². The summed E-state index contributed by atoms with van der Waals surface area (Å²) in [6.07, 6.45) is 2.42. The van der Waals surface area contributed by atoms with Crippen molar-refractivity contribution in [3.63, 3.8) is 0 Å². The number of rotatable bonds is 8. The van der Waals surface area contributed by atoms with Gasteiger partial charge >= 0.3 is 0 Å². The maximum Gasteiger partial charge on any atom is 0.0392 e. The largest absolute Gasteiger partial charge is 0.398 e. The maximum absolute atomic E-state index is 5.93. The zero-order chi connectivity index (χ0) is 14.3. The summed E-state index contributed by atoms with van der Waals surface area (Å²) in [5.41, 5.74) is 9.10. The highest BCUT2D eigenvalue weighted by Gasteiger charge is 2.06. The lowest BCUT2D eigenvalue weighted by molar-refractivity contribution is 0.295. The fraction of sp³-hybridized carbons (Fsp3) is 0.625. The summed E-state index contributed by atoms with van der Waals surface area (Å²) in [7, 11) is 0. The van der Waals surface area contributed by atoms with Gasteiger partial charge in [-0.25, -0.2) is 0 Å². The standard InChI is InChI=1S/C16H29N3/c1-5-19(6-2)12-8-9-13(3)18-16-11-7-10-15(17)14(16)4/h7,10-11,13,18H,5-6,8-9,12,17H2,1-4H3. The van der Waals surface area contributed by atoms with Crippen LogP contribution in [0.25, 0.3) is 0 Å². The molecule has 1 aromatic rings. The first-order valence-electron chi connectivity index (χ1n) is 7.42. The zero-order valence-electron chi connectivity index (χ0n) is 12.9. The maximum atomic E-state index is 5.93. The van der Waals surface area contributed by atoms with Crippen LogP contribution < -0.4 is 11.1 Å². The highest BCUT2D eigenvalue weighted by molar-refractivity contribution is 5.62. The first-order valence-corrected chi connectivity index (χ1v) is 7.42. The Kier molecular flexibility index (Phi) is 6.71. The summed E-state index contributed by atoms with van der Waals surface area (Å²) in [5, 5.41) is 3.56. The lowest BCUT2D eigenvalue weighted by Crippen LogP contribution is -2.25. The van der Waals surface area contributed by atoms with Gasteiger partial charge in [0.2, 0.25) is 0 Å². The quantitative estimate of drug-likeness (QED) is 0.705. The Bertz CT molecular complexity index is 372. The second kappa shape index (κ2) is 8.05. The molecule has 3 nitrogen and oxygen atoms in total. The molecule has 1 aromatic carbocycles. The predicted molar refractivity (Wildman–Crippen MR) is 85.7 cm³/mol. The fourth-order valence-corrected chi connectivity index (χ4v) is 2.31. The molecule has 0 aliphatic heterocycles. The average Bonchev–Trinajstić information content (AvgIpc) is 2.40. The Labute approximate surface area is 118 Å². The highest BCUT2D eigenvalue weighted by Crippen LogP contribution is 2.21. The van der Waals surface area contributed by atoms with E-state index in [0.717, 1.165) is 30.0 Å². The van der Waals surface area contributed by atoms with E-state index < -0.39 is 0 Å². The molecule has 0 aromatic heterocycles. The molecule has 0 fully saturated rings. The van der Waals surface area contributed by atoms with Gasteiger partial charge in [0.25, 0.3) is 0 Å². The van der Waals surface area contributed by atoms with Gasteiger partial charge in [-0.15, -0.1) is 0 Å². The molecule has 0 aliphatic rings. The Hall–Kier alpha value is -1.22. The SMILES string of the molecule is CCN(CC)CCCC(C)Nc1cccc(N)c1C. The fourth-order valence-electron chi connectivity index (χ4n) is 2.31. The smallest absolute Gasteiger partial charge is 0.0392 e. The Morgan fingerprint density at radius 2 is 1.95 bits per heavy atom. The monoisotopic (exact) mass is 263 g/mol. The minimum absolute atomic E-state index is 0.482. The van der Waals surface area contributed by atoms with Crippen LogP contribution in [0.1, 0.15) is 39.2 Å². The van der Waals surface area contributed by atoms with Crippen molar-refractivity contribution in [3.8, 4) is 0 Å². The van der Waals surface area contributed by atoms with Gasteiger partial charge in [0.05, 0.1) is 0 Å². The molecule has 0 amide bonds. The summed E-state index contributed by atoms with van der Waals surface area (Å²) < 4.78 is 0. The van der Waals surface area contributed by atoms with Crippen LogP contribution in [-0.4, -0.2) is 30.6 Å². The second-order valence-electron chi connectivity index (χ2n) is 5.23. The molecule has 0 radical (unpaired) electrons. The number of nitrogens with two attached hydrogens (primary N) is 1. The molecule has 3 N–H and O–H groups in total. The van der Waals surface area contributed by atoms with Crippen molar-refractivity contribution in [3.05, 3.63) is 23.8 Å². The molecule has 0 bridgehead atoms. The topological polar surface area (TPSA) is 41.3 Å². The minimum Gasteiger partial charge on any atom is -0.398 e. The molecule has 19 heavy (non-hydrogen) atoms. The minimum atomic E-state index is 0.482. The third-order valence-corrected chi connectivity index (χ3v) is 3.78. The van der Waals surface area contributed by atoms with Crippen LogP contribution >= 0.6 is 0 Å². The number of anilines is 2. The average molecular weight is 263 g/mol. The van der Waals surface area contributed by atoms with E-state index in [0.29, 0.717) is 6.04 Å². The van der Waals surface area contributed by atoms with Crippen LogP contribution in [0, 0.1) is 6.92 Å². The third kappa shape index (κ3) is 5.11. The van der Waals surface area contributed by atoms with Crippen LogP contribution in [0.15, 0.2) is 18.2 Å². The van der Waals surface area contributed by atoms with Crippen molar-refractivity contribution < 1.29 is 0 Å². The van der Waals surface area contributed by atoms with Gasteiger partial charge in [0.15, 0.2) is 0 Å². The summed E-state index contributed by atoms with van der Waals surface area (Å²) >= 11 is 0. The van der Waals surface area contributed by atoms with E-state index in [1.54, 1.807) is 0 Å². The van der Waals surface area contributed by atoms with Crippen molar-refractivity contribution in [1.29, 1.82) is 0 Å². The highest BCUT2D eigenvalue weighted by atomic mass is 15.1. The van der Waals surface area contributed by atoms with Crippen LogP contribution in [0.3, 0.4) is 0 Å². The normalized spacial score (nSPS) is 12.7. The van der Waals surface area contributed by atoms with E-state index in [1.807, 2.05) is 12.1 Å². The number of benzene rings is 1. The van der Waals surface area contributed by atoms with Crippen molar-refractivity contribution in [2.24, 2.45) is 0 Å². The summed E-state index contributed by atoms with van der Waals surface area (Å²) in [6.45, 7) is 12.2. The summed E-state index contributed by atoms with van der Waals surface area (Å²) in [4.78, 5) is 2.47. The van der Waals surface area contributed by atoms with Crippen molar-refractivity contribution in [2.75, 3.05) is 30.7 Å². The molecule has 1 rings (SSSR count). The van der Waals surface area contributed by atoms with Crippen LogP contribution in [0.4, 0.5) is 11.4 Å².